The van der Waals surface area contributed by atoms with Gasteiger partial charge in [0.1, 0.15) is 16.9 Å². The molecule has 1 aromatic carbocycles. The summed E-state index contributed by atoms with van der Waals surface area (Å²) in [5.41, 5.74) is 4.04. The van der Waals surface area contributed by atoms with E-state index in [0.29, 0.717) is 23.9 Å². The van der Waals surface area contributed by atoms with Crippen molar-refractivity contribution in [2.45, 2.75) is 53.0 Å². The third-order valence-corrected chi connectivity index (χ3v) is 6.47. The van der Waals surface area contributed by atoms with Gasteiger partial charge >= 0.3 is 5.63 Å². The van der Waals surface area contributed by atoms with Crippen molar-refractivity contribution >= 4 is 45.1 Å². The van der Waals surface area contributed by atoms with Gasteiger partial charge in [0, 0.05) is 47.3 Å². The van der Waals surface area contributed by atoms with E-state index < -0.39 is 0 Å². The lowest BCUT2D eigenvalue weighted by Gasteiger charge is -2.19. The lowest BCUT2D eigenvalue weighted by molar-refractivity contribution is 0.298. The van der Waals surface area contributed by atoms with E-state index in [9.17, 15) is 4.79 Å². The number of fused-ring (bicyclic) bond motifs is 2. The molecule has 1 N–H and O–H groups in total. The second-order valence-electron chi connectivity index (χ2n) is 8.46. The Labute approximate surface area is 200 Å². The minimum atomic E-state index is -0.326. The predicted molar refractivity (Wildman–Crippen MR) is 135 cm³/mol. The van der Waals surface area contributed by atoms with Crippen molar-refractivity contribution in [3.05, 3.63) is 45.0 Å². The fraction of sp³-hybridized carbons (Fsp3) is 0.560. The molecule has 0 unspecified atom stereocenters. The summed E-state index contributed by atoms with van der Waals surface area (Å²) in [5, 5.41) is 5.56. The van der Waals surface area contributed by atoms with E-state index in [1.807, 2.05) is 13.8 Å². The number of hydrogen-bond acceptors (Lipinski definition) is 5. The predicted octanol–water partition coefficient (Wildman–Crippen LogP) is 5.89. The number of rotatable bonds is 13. The monoisotopic (exact) mass is 480 g/mol. The molecule has 0 aliphatic rings. The molecular weight excluding hydrogens is 447 g/mol. The van der Waals surface area contributed by atoms with Crippen LogP contribution < -0.4 is 10.9 Å². The molecular formula is C25H34Cl2N2O3. The minimum absolute atomic E-state index is 0.326. The van der Waals surface area contributed by atoms with Crippen LogP contribution in [0.1, 0.15) is 48.1 Å². The summed E-state index contributed by atoms with van der Waals surface area (Å²) < 4.78 is 11.7. The Balaban J connectivity index is 1.51. The number of nitrogens with one attached hydrogen (secondary N) is 1. The second kappa shape index (κ2) is 12.1. The number of unbranched alkanes of at least 4 members (excludes halogenated alkanes) is 3. The molecule has 2 heterocycles. The van der Waals surface area contributed by atoms with Crippen molar-refractivity contribution in [1.82, 2.24) is 10.2 Å². The summed E-state index contributed by atoms with van der Waals surface area (Å²) in [6, 6.07) is 3.62. The number of furan rings is 1. The largest absolute Gasteiger partial charge is 0.459 e. The normalized spacial score (nSPS) is 11.9. The van der Waals surface area contributed by atoms with Gasteiger partial charge in [0.25, 0.3) is 0 Å². The molecule has 3 aromatic rings. The smallest absolute Gasteiger partial charge is 0.336 e. The minimum Gasteiger partial charge on any atom is -0.459 e. The molecule has 5 nitrogen and oxygen atoms in total. The van der Waals surface area contributed by atoms with E-state index in [0.717, 1.165) is 71.4 Å². The Hall–Kier alpha value is -1.53. The Morgan fingerprint density at radius 1 is 0.844 bits per heavy atom. The van der Waals surface area contributed by atoms with Crippen LogP contribution in [0.3, 0.4) is 0 Å². The summed E-state index contributed by atoms with van der Waals surface area (Å²) in [7, 11) is 0. The van der Waals surface area contributed by atoms with Gasteiger partial charge in [-0.25, -0.2) is 4.79 Å². The Morgan fingerprint density at radius 2 is 1.53 bits per heavy atom. The molecule has 0 atom stereocenters. The Bertz CT molecular complexity index is 1080. The van der Waals surface area contributed by atoms with Gasteiger partial charge in [-0.05, 0) is 63.9 Å². The standard InChI is InChI=1S/C25H34Cl2N2O3/c1-17-14-23(30)32-24-19(3)25-21(15-20(17)24)18(2)22(31-25)16-28-10-6-4-5-7-11-29(12-8-26)13-9-27/h14-15,28H,4-13,16H2,1-3H3. The molecule has 0 bridgehead atoms. The van der Waals surface area contributed by atoms with E-state index in [1.54, 1.807) is 6.07 Å². The summed E-state index contributed by atoms with van der Waals surface area (Å²) in [5.74, 6) is 2.26. The maximum absolute atomic E-state index is 11.8. The van der Waals surface area contributed by atoms with Crippen LogP contribution in [0.15, 0.2) is 25.8 Å². The SMILES string of the molecule is Cc1cc(=O)oc2c(C)c3oc(CNCCCCCCN(CCCl)CCCl)c(C)c3cc12. The summed E-state index contributed by atoms with van der Waals surface area (Å²) in [6.45, 7) is 10.5. The van der Waals surface area contributed by atoms with Gasteiger partial charge in [-0.2, -0.15) is 0 Å². The van der Waals surface area contributed by atoms with E-state index in [4.69, 9.17) is 32.0 Å². The van der Waals surface area contributed by atoms with Crippen LogP contribution in [0.4, 0.5) is 0 Å². The zero-order chi connectivity index (χ0) is 23.1. The highest BCUT2D eigenvalue weighted by Crippen LogP contribution is 2.34. The van der Waals surface area contributed by atoms with Gasteiger partial charge in [-0.1, -0.05) is 12.8 Å². The zero-order valence-corrected chi connectivity index (χ0v) is 20.9. The van der Waals surface area contributed by atoms with Crippen molar-refractivity contribution in [3.63, 3.8) is 0 Å². The number of benzene rings is 1. The van der Waals surface area contributed by atoms with Crippen molar-refractivity contribution in [3.8, 4) is 0 Å². The van der Waals surface area contributed by atoms with E-state index in [-0.39, 0.29) is 5.63 Å². The average Bonchev–Trinajstić information content (AvgIpc) is 3.07. The molecule has 2 aromatic heterocycles. The molecule has 0 aliphatic carbocycles. The highest BCUT2D eigenvalue weighted by molar-refractivity contribution is 6.18. The second-order valence-corrected chi connectivity index (χ2v) is 9.22. The molecule has 0 saturated carbocycles. The maximum Gasteiger partial charge on any atom is 0.336 e. The fourth-order valence-electron chi connectivity index (χ4n) is 4.24. The molecule has 0 aliphatic heterocycles. The van der Waals surface area contributed by atoms with Crippen LogP contribution in [0.5, 0.6) is 0 Å². The van der Waals surface area contributed by atoms with Gasteiger partial charge in [0.2, 0.25) is 0 Å². The lowest BCUT2D eigenvalue weighted by Crippen LogP contribution is -2.29. The fourth-order valence-corrected chi connectivity index (χ4v) is 4.71. The molecule has 0 amide bonds. The van der Waals surface area contributed by atoms with Gasteiger partial charge in [-0.15, -0.1) is 23.2 Å². The third kappa shape index (κ3) is 6.07. The van der Waals surface area contributed by atoms with Crippen LogP contribution >= 0.6 is 23.2 Å². The summed E-state index contributed by atoms with van der Waals surface area (Å²) >= 11 is 11.7. The van der Waals surface area contributed by atoms with Crippen molar-refractivity contribution in [1.29, 1.82) is 0 Å². The highest BCUT2D eigenvalue weighted by Gasteiger charge is 2.17. The summed E-state index contributed by atoms with van der Waals surface area (Å²) in [4.78, 5) is 14.1. The number of alkyl halides is 2. The van der Waals surface area contributed by atoms with Crippen LogP contribution in [-0.4, -0.2) is 42.8 Å². The highest BCUT2D eigenvalue weighted by atomic mass is 35.5. The Morgan fingerprint density at radius 3 is 2.25 bits per heavy atom. The first kappa shape index (κ1) is 25.1. The van der Waals surface area contributed by atoms with Crippen molar-refractivity contribution in [2.75, 3.05) is 37.9 Å². The maximum atomic E-state index is 11.8. The first-order chi connectivity index (χ1) is 15.5. The van der Waals surface area contributed by atoms with Crippen LogP contribution in [0.2, 0.25) is 0 Å². The van der Waals surface area contributed by atoms with E-state index >= 15 is 0 Å². The molecule has 7 heteroatoms. The van der Waals surface area contributed by atoms with Crippen LogP contribution in [-0.2, 0) is 6.54 Å². The lowest BCUT2D eigenvalue weighted by atomic mass is 10.0. The first-order valence-electron chi connectivity index (χ1n) is 11.5. The molecule has 32 heavy (non-hydrogen) atoms. The molecule has 0 radical (unpaired) electrons. The van der Waals surface area contributed by atoms with Gasteiger partial charge in [0.05, 0.1) is 6.54 Å². The molecule has 176 valence electrons. The molecule has 0 fully saturated rings. The van der Waals surface area contributed by atoms with Crippen molar-refractivity contribution in [2.24, 2.45) is 0 Å². The zero-order valence-electron chi connectivity index (χ0n) is 19.4. The molecule has 0 spiro atoms. The van der Waals surface area contributed by atoms with E-state index in [1.165, 1.54) is 19.3 Å². The molecule has 0 saturated heterocycles. The first-order valence-corrected chi connectivity index (χ1v) is 12.5. The molecule has 3 rings (SSSR count). The topological polar surface area (TPSA) is 58.6 Å². The van der Waals surface area contributed by atoms with Gasteiger partial charge in [-0.3, -0.25) is 0 Å². The van der Waals surface area contributed by atoms with Gasteiger partial charge in [0.15, 0.2) is 0 Å². The quantitative estimate of drug-likeness (QED) is 0.187. The number of aryl methyl sites for hydroxylation is 3. The van der Waals surface area contributed by atoms with Gasteiger partial charge < -0.3 is 19.1 Å². The summed E-state index contributed by atoms with van der Waals surface area (Å²) in [6.07, 6.45) is 4.73. The van der Waals surface area contributed by atoms with Crippen LogP contribution in [0.25, 0.3) is 21.9 Å². The van der Waals surface area contributed by atoms with Crippen LogP contribution in [0, 0.1) is 20.8 Å². The number of halogens is 2. The Kier molecular flexibility index (Phi) is 9.47. The third-order valence-electron chi connectivity index (χ3n) is 6.13. The van der Waals surface area contributed by atoms with Crippen molar-refractivity contribution < 1.29 is 8.83 Å². The number of nitrogens with zero attached hydrogens (tertiary/aromatic N) is 1. The van der Waals surface area contributed by atoms with E-state index in [2.05, 4.69) is 23.2 Å². The number of hydrogen-bond donors (Lipinski definition) is 1. The average molecular weight is 481 g/mol.